The number of aliphatic hydroxyl groups excluding tert-OH is 1. The van der Waals surface area contributed by atoms with Gasteiger partial charge in [-0.2, -0.15) is 0 Å². The molecule has 4 rings (SSSR count). The van der Waals surface area contributed by atoms with Crippen LogP contribution in [0.3, 0.4) is 0 Å². The molecule has 1 saturated heterocycles. The van der Waals surface area contributed by atoms with Crippen molar-refractivity contribution in [2.24, 2.45) is 5.92 Å². The molecule has 1 N–H and O–H groups in total. The van der Waals surface area contributed by atoms with Crippen molar-refractivity contribution < 1.29 is 28.9 Å². The lowest BCUT2D eigenvalue weighted by Gasteiger charge is -2.27. The molecular weight excluding hydrogens is 532 g/mol. The molecule has 8 heteroatoms. The van der Waals surface area contributed by atoms with E-state index in [1.54, 1.807) is 37.4 Å². The largest absolute Gasteiger partial charge is 0.507 e. The first-order chi connectivity index (χ1) is 20.1. The molecule has 8 nitrogen and oxygen atoms in total. The lowest BCUT2D eigenvalue weighted by atomic mass is 9.94. The van der Waals surface area contributed by atoms with E-state index in [-0.39, 0.29) is 11.3 Å². The van der Waals surface area contributed by atoms with E-state index in [1.807, 2.05) is 62.3 Å². The Kier molecular flexibility index (Phi) is 9.91. The minimum atomic E-state index is -0.806. The number of Topliss-reactive ketones (excluding diaryl/α,β-unsaturated/α-hetero) is 1. The Balaban J connectivity index is 1.74. The first-order valence-electron chi connectivity index (χ1n) is 14.1. The van der Waals surface area contributed by atoms with Crippen LogP contribution >= 0.6 is 0 Å². The molecule has 1 aliphatic rings. The van der Waals surface area contributed by atoms with Crippen molar-refractivity contribution in [3.63, 3.8) is 0 Å². The number of aryl methyl sites for hydroxylation is 1. The molecule has 42 heavy (non-hydrogen) atoms. The van der Waals surface area contributed by atoms with Gasteiger partial charge in [0.15, 0.2) is 11.5 Å². The molecule has 3 aromatic rings. The number of rotatable bonds is 12. The van der Waals surface area contributed by atoms with Gasteiger partial charge in [0.1, 0.15) is 18.1 Å². The van der Waals surface area contributed by atoms with Gasteiger partial charge >= 0.3 is 0 Å². The van der Waals surface area contributed by atoms with Gasteiger partial charge < -0.3 is 29.1 Å². The summed E-state index contributed by atoms with van der Waals surface area (Å²) in [5.74, 6) is 0.458. The summed E-state index contributed by atoms with van der Waals surface area (Å²) in [4.78, 5) is 30.3. The number of amides is 1. The minimum absolute atomic E-state index is 0.0361. The summed E-state index contributed by atoms with van der Waals surface area (Å²) in [6.45, 7) is 7.79. The fourth-order valence-corrected chi connectivity index (χ4v) is 4.84. The standard InChI is InChI=1S/C34H40N2O6/c1-22(2)20-41-27-14-13-26(18-23(27)3)32(37)30-31(36(17-16-35(4)5)34(39)33(30)38)25-12-15-28(29(19-25)40-6)42-21-24-10-8-7-9-11-24/h7-15,18-19,22,31,37H,16-17,20-21H2,1-6H3. The molecule has 1 fully saturated rings. The molecule has 0 aliphatic carbocycles. The SMILES string of the molecule is COc1cc(C2C(=C(O)c3ccc(OCC(C)C)c(C)c3)C(=O)C(=O)N2CCN(C)C)ccc1OCc1ccccc1. The number of hydrogen-bond donors (Lipinski definition) is 1. The second-order valence-electron chi connectivity index (χ2n) is 11.2. The van der Waals surface area contributed by atoms with Crippen molar-refractivity contribution in [3.8, 4) is 17.2 Å². The minimum Gasteiger partial charge on any atom is -0.507 e. The molecule has 1 amide bonds. The van der Waals surface area contributed by atoms with Crippen LogP contribution in [-0.4, -0.2) is 67.5 Å². The smallest absolute Gasteiger partial charge is 0.295 e. The lowest BCUT2D eigenvalue weighted by molar-refractivity contribution is -0.140. The van der Waals surface area contributed by atoms with Gasteiger partial charge in [0.25, 0.3) is 11.7 Å². The predicted octanol–water partition coefficient (Wildman–Crippen LogP) is 5.60. The van der Waals surface area contributed by atoms with Gasteiger partial charge in [-0.3, -0.25) is 9.59 Å². The van der Waals surface area contributed by atoms with Gasteiger partial charge in [-0.1, -0.05) is 50.2 Å². The average molecular weight is 573 g/mol. The van der Waals surface area contributed by atoms with Crippen LogP contribution in [0.2, 0.25) is 0 Å². The van der Waals surface area contributed by atoms with Crippen LogP contribution in [0.1, 0.15) is 42.1 Å². The van der Waals surface area contributed by atoms with Crippen LogP contribution < -0.4 is 14.2 Å². The molecule has 0 saturated carbocycles. The summed E-state index contributed by atoms with van der Waals surface area (Å²) in [6.07, 6.45) is 0. The third kappa shape index (κ3) is 6.94. The van der Waals surface area contributed by atoms with Crippen LogP contribution in [-0.2, 0) is 16.2 Å². The topological polar surface area (TPSA) is 88.5 Å². The maximum atomic E-state index is 13.5. The van der Waals surface area contributed by atoms with E-state index in [2.05, 4.69) is 13.8 Å². The predicted molar refractivity (Wildman–Crippen MR) is 163 cm³/mol. The van der Waals surface area contributed by atoms with E-state index in [0.29, 0.717) is 60.6 Å². The monoisotopic (exact) mass is 572 g/mol. The average Bonchev–Trinajstić information content (AvgIpc) is 3.23. The molecule has 1 heterocycles. The summed E-state index contributed by atoms with van der Waals surface area (Å²) in [5.41, 5.74) is 2.94. The highest BCUT2D eigenvalue weighted by Gasteiger charge is 2.46. The third-order valence-corrected chi connectivity index (χ3v) is 7.09. The molecule has 0 aromatic heterocycles. The van der Waals surface area contributed by atoms with Crippen molar-refractivity contribution in [1.82, 2.24) is 9.80 Å². The molecule has 0 radical (unpaired) electrons. The van der Waals surface area contributed by atoms with Crippen molar-refractivity contribution in [2.75, 3.05) is 40.9 Å². The van der Waals surface area contributed by atoms with Gasteiger partial charge in [0.05, 0.1) is 25.3 Å². The van der Waals surface area contributed by atoms with Crippen molar-refractivity contribution >= 4 is 17.4 Å². The van der Waals surface area contributed by atoms with E-state index in [4.69, 9.17) is 14.2 Å². The quantitative estimate of drug-likeness (QED) is 0.172. The Labute approximate surface area is 248 Å². The third-order valence-electron chi connectivity index (χ3n) is 7.09. The highest BCUT2D eigenvalue weighted by atomic mass is 16.5. The van der Waals surface area contributed by atoms with Crippen LogP contribution in [0, 0.1) is 12.8 Å². The van der Waals surface area contributed by atoms with E-state index < -0.39 is 17.7 Å². The Bertz CT molecular complexity index is 1450. The highest BCUT2D eigenvalue weighted by Crippen LogP contribution is 2.42. The van der Waals surface area contributed by atoms with Gasteiger partial charge in [-0.05, 0) is 74.0 Å². The normalized spacial score (nSPS) is 16.4. The second-order valence-corrected chi connectivity index (χ2v) is 11.2. The number of benzene rings is 3. The summed E-state index contributed by atoms with van der Waals surface area (Å²) in [5, 5.41) is 11.5. The fourth-order valence-electron chi connectivity index (χ4n) is 4.84. The van der Waals surface area contributed by atoms with Crippen molar-refractivity contribution in [1.29, 1.82) is 0 Å². The van der Waals surface area contributed by atoms with Gasteiger partial charge in [-0.15, -0.1) is 0 Å². The zero-order valence-corrected chi connectivity index (χ0v) is 25.2. The van der Waals surface area contributed by atoms with Gasteiger partial charge in [-0.25, -0.2) is 0 Å². The molecule has 0 spiro atoms. The summed E-state index contributed by atoms with van der Waals surface area (Å²) < 4.78 is 17.6. The summed E-state index contributed by atoms with van der Waals surface area (Å²) in [6, 6.07) is 19.6. The maximum absolute atomic E-state index is 13.5. The fraction of sp³-hybridized carbons (Fsp3) is 0.353. The van der Waals surface area contributed by atoms with E-state index >= 15 is 0 Å². The number of ketones is 1. The van der Waals surface area contributed by atoms with E-state index in [1.165, 1.54) is 4.90 Å². The zero-order valence-electron chi connectivity index (χ0n) is 25.2. The first-order valence-corrected chi connectivity index (χ1v) is 14.1. The molecular formula is C34H40N2O6. The number of ether oxygens (including phenoxy) is 3. The van der Waals surface area contributed by atoms with E-state index in [0.717, 1.165) is 11.1 Å². The Hall–Kier alpha value is -4.30. The second kappa shape index (κ2) is 13.6. The number of likely N-dealkylation sites (tertiary alicyclic amines) is 1. The molecule has 3 aromatic carbocycles. The number of likely N-dealkylation sites (N-methyl/N-ethyl adjacent to an activating group) is 1. The Morgan fingerprint density at radius 1 is 0.952 bits per heavy atom. The summed E-state index contributed by atoms with van der Waals surface area (Å²) >= 11 is 0. The van der Waals surface area contributed by atoms with Crippen LogP contribution in [0.25, 0.3) is 5.76 Å². The number of carbonyl (C=O) groups is 2. The Morgan fingerprint density at radius 3 is 2.31 bits per heavy atom. The first kappa shape index (κ1) is 30.7. The van der Waals surface area contributed by atoms with E-state index in [9.17, 15) is 14.7 Å². The zero-order chi connectivity index (χ0) is 30.4. The molecule has 1 atom stereocenters. The van der Waals surface area contributed by atoms with Crippen LogP contribution in [0.15, 0.2) is 72.3 Å². The maximum Gasteiger partial charge on any atom is 0.295 e. The molecule has 1 aliphatic heterocycles. The Morgan fingerprint density at radius 2 is 1.67 bits per heavy atom. The van der Waals surface area contributed by atoms with Crippen molar-refractivity contribution in [2.45, 2.75) is 33.4 Å². The number of methoxy groups -OCH3 is 1. The van der Waals surface area contributed by atoms with Gasteiger partial charge in [0.2, 0.25) is 0 Å². The molecule has 0 bridgehead atoms. The lowest BCUT2D eigenvalue weighted by Crippen LogP contribution is -2.35. The molecule has 1 unspecified atom stereocenters. The number of hydrogen-bond acceptors (Lipinski definition) is 7. The van der Waals surface area contributed by atoms with Gasteiger partial charge in [0, 0.05) is 18.7 Å². The number of nitrogens with zero attached hydrogens (tertiary/aromatic N) is 2. The summed E-state index contributed by atoms with van der Waals surface area (Å²) in [7, 11) is 5.35. The van der Waals surface area contributed by atoms with Crippen LogP contribution in [0.5, 0.6) is 17.2 Å². The van der Waals surface area contributed by atoms with Crippen LogP contribution in [0.4, 0.5) is 0 Å². The number of aliphatic hydroxyl groups is 1. The number of carbonyl (C=O) groups excluding carboxylic acids is 2. The van der Waals surface area contributed by atoms with Crippen molar-refractivity contribution in [3.05, 3.63) is 94.6 Å². The molecule has 222 valence electrons. The highest BCUT2D eigenvalue weighted by molar-refractivity contribution is 6.46.